The lowest BCUT2D eigenvalue weighted by atomic mass is 9.91. The molecule has 2 aliphatic heterocycles. The Morgan fingerprint density at radius 2 is 1.80 bits per heavy atom. The number of hydrogen-bond acceptors (Lipinski definition) is 4. The van der Waals surface area contributed by atoms with Gasteiger partial charge in [0.05, 0.1) is 6.10 Å². The lowest BCUT2D eigenvalue weighted by Gasteiger charge is -2.36. The van der Waals surface area contributed by atoms with Crippen LogP contribution in [0.15, 0.2) is 6.07 Å². The van der Waals surface area contributed by atoms with E-state index in [0.29, 0.717) is 6.10 Å². The van der Waals surface area contributed by atoms with Crippen LogP contribution in [0.3, 0.4) is 0 Å². The summed E-state index contributed by atoms with van der Waals surface area (Å²) in [7, 11) is 0. The van der Waals surface area contributed by atoms with Gasteiger partial charge in [-0.25, -0.2) is 0 Å². The van der Waals surface area contributed by atoms with Gasteiger partial charge < -0.3 is 4.74 Å². The van der Waals surface area contributed by atoms with E-state index in [4.69, 9.17) is 4.74 Å². The minimum absolute atomic E-state index is 0.178. The van der Waals surface area contributed by atoms with E-state index in [1.807, 2.05) is 6.92 Å². The van der Waals surface area contributed by atoms with E-state index in [9.17, 15) is 4.79 Å². The van der Waals surface area contributed by atoms with Crippen molar-refractivity contribution in [3.05, 3.63) is 33.9 Å². The predicted molar refractivity (Wildman–Crippen MR) is 101 cm³/mol. The maximum Gasteiger partial charge on any atom is 0.160 e. The molecule has 0 amide bonds. The SMILES string of the molecule is CC(=O)c1c(C)cc(C)c(CN2CCN(CC3CCCO3)CC2)c1C. The first-order valence-electron chi connectivity index (χ1n) is 9.62. The fourth-order valence-corrected chi connectivity index (χ4v) is 4.44. The van der Waals surface area contributed by atoms with Crippen molar-refractivity contribution in [2.24, 2.45) is 0 Å². The maximum atomic E-state index is 12.0. The summed E-state index contributed by atoms with van der Waals surface area (Å²) in [5, 5.41) is 0. The number of benzene rings is 1. The van der Waals surface area contributed by atoms with Crippen LogP contribution in [0, 0.1) is 20.8 Å². The number of piperazine rings is 1. The number of nitrogens with zero attached hydrogens (tertiary/aromatic N) is 2. The number of carbonyl (C=O) groups excluding carboxylic acids is 1. The average molecular weight is 344 g/mol. The van der Waals surface area contributed by atoms with Crippen LogP contribution in [0.4, 0.5) is 0 Å². The number of ether oxygens (including phenoxy) is 1. The Morgan fingerprint density at radius 1 is 1.12 bits per heavy atom. The van der Waals surface area contributed by atoms with E-state index in [1.165, 1.54) is 29.5 Å². The van der Waals surface area contributed by atoms with Gasteiger partial charge in [-0.15, -0.1) is 0 Å². The molecule has 0 aromatic heterocycles. The molecule has 0 bridgehead atoms. The normalized spacial score (nSPS) is 22.5. The fraction of sp³-hybridized carbons (Fsp3) is 0.667. The van der Waals surface area contributed by atoms with Gasteiger partial charge in [-0.05, 0) is 62.8 Å². The van der Waals surface area contributed by atoms with E-state index in [0.717, 1.165) is 57.0 Å². The van der Waals surface area contributed by atoms with Gasteiger partial charge in [-0.1, -0.05) is 6.07 Å². The van der Waals surface area contributed by atoms with Crippen molar-refractivity contribution in [2.75, 3.05) is 39.3 Å². The molecule has 4 heteroatoms. The predicted octanol–water partition coefficient (Wildman–Crippen LogP) is 3.11. The molecule has 1 atom stereocenters. The zero-order chi connectivity index (χ0) is 18.0. The monoisotopic (exact) mass is 344 g/mol. The molecule has 0 radical (unpaired) electrons. The summed E-state index contributed by atoms with van der Waals surface area (Å²) in [5.41, 5.74) is 5.84. The largest absolute Gasteiger partial charge is 0.377 e. The van der Waals surface area contributed by atoms with Gasteiger partial charge in [0.15, 0.2) is 5.78 Å². The smallest absolute Gasteiger partial charge is 0.160 e. The van der Waals surface area contributed by atoms with Crippen molar-refractivity contribution in [2.45, 2.75) is 53.2 Å². The van der Waals surface area contributed by atoms with Crippen molar-refractivity contribution >= 4 is 5.78 Å². The molecule has 2 heterocycles. The Labute approximate surface area is 152 Å². The average Bonchev–Trinajstić information content (AvgIpc) is 3.05. The second-order valence-electron chi connectivity index (χ2n) is 7.76. The molecular formula is C21H32N2O2. The van der Waals surface area contributed by atoms with Gasteiger partial charge in [0, 0.05) is 51.4 Å². The number of hydrogen-bond donors (Lipinski definition) is 0. The summed E-state index contributed by atoms with van der Waals surface area (Å²) < 4.78 is 5.77. The molecule has 2 saturated heterocycles. The molecule has 0 aliphatic carbocycles. The zero-order valence-electron chi connectivity index (χ0n) is 16.2. The van der Waals surface area contributed by atoms with Crippen molar-refractivity contribution in [1.82, 2.24) is 9.80 Å². The van der Waals surface area contributed by atoms with E-state index < -0.39 is 0 Å². The minimum atomic E-state index is 0.178. The Bertz CT molecular complexity index is 627. The Kier molecular flexibility index (Phi) is 5.92. The van der Waals surface area contributed by atoms with Crippen LogP contribution in [-0.4, -0.2) is 61.0 Å². The van der Waals surface area contributed by atoms with Crippen LogP contribution >= 0.6 is 0 Å². The van der Waals surface area contributed by atoms with Gasteiger partial charge >= 0.3 is 0 Å². The summed E-state index contributed by atoms with van der Waals surface area (Å²) >= 11 is 0. The van der Waals surface area contributed by atoms with Crippen molar-refractivity contribution in [3.63, 3.8) is 0 Å². The first kappa shape index (κ1) is 18.6. The summed E-state index contributed by atoms with van der Waals surface area (Å²) in [5.74, 6) is 0.178. The van der Waals surface area contributed by atoms with Gasteiger partial charge in [0.2, 0.25) is 0 Å². The fourth-order valence-electron chi connectivity index (χ4n) is 4.44. The highest BCUT2D eigenvalue weighted by Crippen LogP contribution is 2.25. The zero-order valence-corrected chi connectivity index (χ0v) is 16.2. The second-order valence-corrected chi connectivity index (χ2v) is 7.76. The quantitative estimate of drug-likeness (QED) is 0.769. The molecule has 4 nitrogen and oxygen atoms in total. The Morgan fingerprint density at radius 3 is 2.40 bits per heavy atom. The van der Waals surface area contributed by atoms with Crippen LogP contribution in [-0.2, 0) is 11.3 Å². The highest BCUT2D eigenvalue weighted by molar-refractivity contribution is 5.97. The summed E-state index contributed by atoms with van der Waals surface area (Å²) in [6.07, 6.45) is 2.89. The number of Topliss-reactive ketones (excluding diaryl/α,β-unsaturated/α-hetero) is 1. The Hall–Kier alpha value is -1.23. The molecule has 2 fully saturated rings. The molecule has 0 saturated carbocycles. The molecule has 1 aromatic carbocycles. The summed E-state index contributed by atoms with van der Waals surface area (Å²) in [6, 6.07) is 2.17. The number of carbonyl (C=O) groups is 1. The third-order valence-electron chi connectivity index (χ3n) is 5.82. The molecule has 2 aliphatic rings. The first-order chi connectivity index (χ1) is 12.0. The van der Waals surface area contributed by atoms with Crippen molar-refractivity contribution in [1.29, 1.82) is 0 Å². The summed E-state index contributed by atoms with van der Waals surface area (Å²) in [6.45, 7) is 15.4. The van der Waals surface area contributed by atoms with E-state index in [2.05, 4.69) is 29.7 Å². The minimum Gasteiger partial charge on any atom is -0.377 e. The van der Waals surface area contributed by atoms with Crippen LogP contribution < -0.4 is 0 Å². The van der Waals surface area contributed by atoms with Crippen molar-refractivity contribution in [3.8, 4) is 0 Å². The topological polar surface area (TPSA) is 32.8 Å². The third kappa shape index (κ3) is 4.30. The van der Waals surface area contributed by atoms with Gasteiger partial charge in [-0.3, -0.25) is 14.6 Å². The van der Waals surface area contributed by atoms with E-state index in [-0.39, 0.29) is 5.78 Å². The standard InChI is InChI=1S/C21H32N2O2/c1-15-12-16(2)21(18(4)24)17(3)20(15)14-23-9-7-22(8-10-23)13-19-6-5-11-25-19/h12,19H,5-11,13-14H2,1-4H3. The molecule has 138 valence electrons. The van der Waals surface area contributed by atoms with Crippen LogP contribution in [0.2, 0.25) is 0 Å². The Balaban J connectivity index is 1.62. The number of ketones is 1. The van der Waals surface area contributed by atoms with Gasteiger partial charge in [-0.2, -0.15) is 0 Å². The molecular weight excluding hydrogens is 312 g/mol. The summed E-state index contributed by atoms with van der Waals surface area (Å²) in [4.78, 5) is 17.1. The third-order valence-corrected chi connectivity index (χ3v) is 5.82. The lowest BCUT2D eigenvalue weighted by Crippen LogP contribution is -2.48. The van der Waals surface area contributed by atoms with Gasteiger partial charge in [0.1, 0.15) is 0 Å². The van der Waals surface area contributed by atoms with E-state index in [1.54, 1.807) is 6.92 Å². The van der Waals surface area contributed by atoms with Crippen LogP contribution in [0.1, 0.15) is 52.4 Å². The van der Waals surface area contributed by atoms with Gasteiger partial charge in [0.25, 0.3) is 0 Å². The molecule has 3 rings (SSSR count). The van der Waals surface area contributed by atoms with Crippen molar-refractivity contribution < 1.29 is 9.53 Å². The molecule has 1 unspecified atom stereocenters. The number of aryl methyl sites for hydroxylation is 2. The first-order valence-corrected chi connectivity index (χ1v) is 9.62. The maximum absolute atomic E-state index is 12.0. The molecule has 25 heavy (non-hydrogen) atoms. The van der Waals surface area contributed by atoms with Crippen LogP contribution in [0.25, 0.3) is 0 Å². The number of rotatable bonds is 5. The highest BCUT2D eigenvalue weighted by atomic mass is 16.5. The molecule has 0 spiro atoms. The lowest BCUT2D eigenvalue weighted by molar-refractivity contribution is 0.0489. The molecule has 0 N–H and O–H groups in total. The second kappa shape index (κ2) is 7.98. The highest BCUT2D eigenvalue weighted by Gasteiger charge is 2.24. The van der Waals surface area contributed by atoms with E-state index >= 15 is 0 Å². The van der Waals surface area contributed by atoms with Crippen LogP contribution in [0.5, 0.6) is 0 Å². The molecule has 1 aromatic rings.